The van der Waals surface area contributed by atoms with Crippen molar-refractivity contribution >= 4 is 12.2 Å². The molecular weight excluding hydrogens is 300 g/mol. The van der Waals surface area contributed by atoms with Crippen molar-refractivity contribution < 1.29 is 9.47 Å². The first-order chi connectivity index (χ1) is 10.7. The molecular formula is C15H20N4O2S. The Morgan fingerprint density at radius 3 is 2.95 bits per heavy atom. The summed E-state index contributed by atoms with van der Waals surface area (Å²) in [5, 5.41) is 6.94. The van der Waals surface area contributed by atoms with Crippen LogP contribution in [0.25, 0.3) is 0 Å². The van der Waals surface area contributed by atoms with Gasteiger partial charge in [0.1, 0.15) is 6.61 Å². The lowest BCUT2D eigenvalue weighted by atomic mass is 10.2. The van der Waals surface area contributed by atoms with Crippen LogP contribution >= 0.6 is 12.2 Å². The summed E-state index contributed by atoms with van der Waals surface area (Å²) in [7, 11) is 1.62. The topological polar surface area (TPSA) is 64.1 Å². The lowest BCUT2D eigenvalue weighted by Crippen LogP contribution is -2.17. The monoisotopic (exact) mass is 320 g/mol. The molecule has 2 aromatic rings. The van der Waals surface area contributed by atoms with E-state index >= 15 is 0 Å². The van der Waals surface area contributed by atoms with Crippen molar-refractivity contribution in [1.82, 2.24) is 14.9 Å². The SMILES string of the molecule is C=CCOc1ccc(CNn2c(CC)n[nH]c2=S)cc1OC. The van der Waals surface area contributed by atoms with Crippen LogP contribution in [0.2, 0.25) is 0 Å². The predicted octanol–water partition coefficient (Wildman–Crippen LogP) is 2.82. The third-order valence-electron chi connectivity index (χ3n) is 3.08. The summed E-state index contributed by atoms with van der Waals surface area (Å²) in [5.41, 5.74) is 4.30. The third kappa shape index (κ3) is 3.67. The van der Waals surface area contributed by atoms with E-state index in [0.29, 0.717) is 29.4 Å². The van der Waals surface area contributed by atoms with Gasteiger partial charge in [-0.1, -0.05) is 25.6 Å². The van der Waals surface area contributed by atoms with E-state index in [1.165, 1.54) is 0 Å². The van der Waals surface area contributed by atoms with Gasteiger partial charge in [0.2, 0.25) is 4.77 Å². The minimum Gasteiger partial charge on any atom is -0.493 e. The zero-order chi connectivity index (χ0) is 15.9. The van der Waals surface area contributed by atoms with Crippen molar-refractivity contribution in [3.63, 3.8) is 0 Å². The van der Waals surface area contributed by atoms with Crippen molar-refractivity contribution in [3.8, 4) is 11.5 Å². The molecule has 0 aliphatic heterocycles. The Morgan fingerprint density at radius 2 is 2.27 bits per heavy atom. The molecule has 0 saturated carbocycles. The molecule has 0 bridgehead atoms. The molecule has 0 aliphatic carbocycles. The molecule has 118 valence electrons. The molecule has 7 heteroatoms. The molecule has 0 saturated heterocycles. The van der Waals surface area contributed by atoms with Crippen molar-refractivity contribution in [2.24, 2.45) is 0 Å². The molecule has 1 heterocycles. The Bertz CT molecular complexity index is 693. The van der Waals surface area contributed by atoms with Crippen LogP contribution < -0.4 is 14.9 Å². The number of benzene rings is 1. The number of aryl methyl sites for hydroxylation is 1. The molecule has 0 amide bonds. The number of methoxy groups -OCH3 is 1. The maximum Gasteiger partial charge on any atom is 0.214 e. The number of ether oxygens (including phenoxy) is 2. The van der Waals surface area contributed by atoms with Crippen LogP contribution in [0.5, 0.6) is 11.5 Å². The molecule has 0 unspecified atom stereocenters. The number of aromatic amines is 1. The van der Waals surface area contributed by atoms with Crippen LogP contribution in [0.4, 0.5) is 0 Å². The van der Waals surface area contributed by atoms with Gasteiger partial charge in [-0.3, -0.25) is 5.10 Å². The first-order valence-corrected chi connectivity index (χ1v) is 7.41. The molecule has 2 rings (SSSR count). The minimum absolute atomic E-state index is 0.442. The van der Waals surface area contributed by atoms with Crippen LogP contribution in [0.1, 0.15) is 18.3 Å². The summed E-state index contributed by atoms with van der Waals surface area (Å²) >= 11 is 5.20. The number of hydrogen-bond acceptors (Lipinski definition) is 5. The Balaban J connectivity index is 2.11. The maximum atomic E-state index is 5.54. The van der Waals surface area contributed by atoms with Gasteiger partial charge in [0.15, 0.2) is 17.3 Å². The van der Waals surface area contributed by atoms with E-state index in [0.717, 1.165) is 17.8 Å². The van der Waals surface area contributed by atoms with Crippen LogP contribution in [-0.2, 0) is 13.0 Å². The molecule has 6 nitrogen and oxygen atoms in total. The van der Waals surface area contributed by atoms with Crippen LogP contribution in [-0.4, -0.2) is 28.6 Å². The van der Waals surface area contributed by atoms with E-state index in [-0.39, 0.29) is 0 Å². The normalized spacial score (nSPS) is 10.3. The average Bonchev–Trinajstić information content (AvgIpc) is 2.91. The number of hydrogen-bond donors (Lipinski definition) is 2. The number of nitrogens with zero attached hydrogens (tertiary/aromatic N) is 2. The summed E-state index contributed by atoms with van der Waals surface area (Å²) in [6, 6.07) is 5.79. The maximum absolute atomic E-state index is 5.54. The number of nitrogens with one attached hydrogen (secondary N) is 2. The zero-order valence-electron chi connectivity index (χ0n) is 12.8. The highest BCUT2D eigenvalue weighted by Crippen LogP contribution is 2.28. The van der Waals surface area contributed by atoms with Gasteiger partial charge in [-0.05, 0) is 29.9 Å². The molecule has 1 aromatic carbocycles. The van der Waals surface area contributed by atoms with Gasteiger partial charge < -0.3 is 14.9 Å². The lowest BCUT2D eigenvalue weighted by Gasteiger charge is -2.13. The van der Waals surface area contributed by atoms with Crippen molar-refractivity contribution in [2.75, 3.05) is 19.1 Å². The van der Waals surface area contributed by atoms with E-state index in [1.54, 1.807) is 17.9 Å². The second-order valence-corrected chi connectivity index (χ2v) is 4.94. The highest BCUT2D eigenvalue weighted by molar-refractivity contribution is 7.71. The lowest BCUT2D eigenvalue weighted by molar-refractivity contribution is 0.326. The number of rotatable bonds is 8. The second kappa shape index (κ2) is 7.65. The summed E-state index contributed by atoms with van der Waals surface area (Å²) in [6.07, 6.45) is 2.49. The van der Waals surface area contributed by atoms with Gasteiger partial charge in [-0.15, -0.1) is 0 Å². The summed E-state index contributed by atoms with van der Waals surface area (Å²) in [4.78, 5) is 0. The van der Waals surface area contributed by atoms with Gasteiger partial charge in [0, 0.05) is 6.42 Å². The number of H-pyrrole nitrogens is 1. The Kier molecular flexibility index (Phi) is 5.60. The summed E-state index contributed by atoms with van der Waals surface area (Å²) < 4.78 is 13.2. The Labute approximate surface area is 134 Å². The molecule has 1 aromatic heterocycles. The average molecular weight is 320 g/mol. The smallest absolute Gasteiger partial charge is 0.214 e. The van der Waals surface area contributed by atoms with Crippen molar-refractivity contribution in [1.29, 1.82) is 0 Å². The van der Waals surface area contributed by atoms with Crippen LogP contribution in [0, 0.1) is 4.77 Å². The molecule has 0 radical (unpaired) electrons. The molecule has 0 fully saturated rings. The molecule has 2 N–H and O–H groups in total. The van der Waals surface area contributed by atoms with Crippen LogP contribution in [0.15, 0.2) is 30.9 Å². The van der Waals surface area contributed by atoms with E-state index in [2.05, 4.69) is 22.2 Å². The fourth-order valence-corrected chi connectivity index (χ4v) is 2.21. The van der Waals surface area contributed by atoms with Gasteiger partial charge in [0.25, 0.3) is 0 Å². The van der Waals surface area contributed by atoms with Crippen LogP contribution in [0.3, 0.4) is 0 Å². The highest BCUT2D eigenvalue weighted by Gasteiger charge is 2.07. The fourth-order valence-electron chi connectivity index (χ4n) is 1.99. The zero-order valence-corrected chi connectivity index (χ0v) is 13.6. The van der Waals surface area contributed by atoms with Crippen molar-refractivity contribution in [2.45, 2.75) is 19.9 Å². The first-order valence-electron chi connectivity index (χ1n) is 7.00. The van der Waals surface area contributed by atoms with Gasteiger partial charge in [0.05, 0.1) is 13.7 Å². The van der Waals surface area contributed by atoms with E-state index in [1.807, 2.05) is 25.1 Å². The van der Waals surface area contributed by atoms with Crippen molar-refractivity contribution in [3.05, 3.63) is 47.0 Å². The molecule has 0 atom stereocenters. The fraction of sp³-hybridized carbons (Fsp3) is 0.333. The van der Waals surface area contributed by atoms with E-state index in [4.69, 9.17) is 21.7 Å². The third-order valence-corrected chi connectivity index (χ3v) is 3.36. The standard InChI is InChI=1S/C15H20N4O2S/c1-4-8-21-12-7-6-11(9-13(12)20-3)10-16-19-14(5-2)17-18-15(19)22/h4,6-7,9,16H,1,5,8,10H2,2-3H3,(H,18,22). The van der Waals surface area contributed by atoms with Gasteiger partial charge in [-0.25, -0.2) is 4.68 Å². The molecule has 22 heavy (non-hydrogen) atoms. The Hall–Kier alpha value is -2.28. The second-order valence-electron chi connectivity index (χ2n) is 4.55. The predicted molar refractivity (Wildman–Crippen MR) is 88.5 cm³/mol. The Morgan fingerprint density at radius 1 is 1.45 bits per heavy atom. The largest absolute Gasteiger partial charge is 0.493 e. The summed E-state index contributed by atoms with van der Waals surface area (Å²) in [6.45, 7) is 6.70. The van der Waals surface area contributed by atoms with E-state index in [9.17, 15) is 0 Å². The first kappa shape index (κ1) is 16.1. The van der Waals surface area contributed by atoms with E-state index < -0.39 is 0 Å². The molecule has 0 spiro atoms. The van der Waals surface area contributed by atoms with Gasteiger partial charge >= 0.3 is 0 Å². The molecule has 0 aliphatic rings. The highest BCUT2D eigenvalue weighted by atomic mass is 32.1. The number of aromatic nitrogens is 3. The minimum atomic E-state index is 0.442. The summed E-state index contributed by atoms with van der Waals surface area (Å²) in [5.74, 6) is 2.25. The van der Waals surface area contributed by atoms with Gasteiger partial charge in [-0.2, -0.15) is 5.10 Å². The quantitative estimate of drug-likeness (QED) is 0.578.